The molecule has 0 aliphatic heterocycles. The van der Waals surface area contributed by atoms with Gasteiger partial charge < -0.3 is 14.4 Å². The average Bonchev–Trinajstić information content (AvgIpc) is 2.01. The third-order valence-corrected chi connectivity index (χ3v) is 1.91. The minimum Gasteiger partial charge on any atom is -0.629 e. The second kappa shape index (κ2) is 7.61. The molecule has 0 saturated carbocycles. The molecule has 0 N–H and O–H groups in total. The van der Waals surface area contributed by atoms with Gasteiger partial charge in [-0.15, -0.1) is 6.58 Å². The van der Waals surface area contributed by atoms with Crippen LogP contribution in [0.2, 0.25) is 0 Å². The van der Waals surface area contributed by atoms with Gasteiger partial charge in [0.05, 0.1) is 26.6 Å². The summed E-state index contributed by atoms with van der Waals surface area (Å²) in [7, 11) is -1.47. The van der Waals surface area contributed by atoms with Crippen LogP contribution in [0, 0.1) is 0 Å². The van der Waals surface area contributed by atoms with E-state index < -0.39 is 7.77 Å². The predicted octanol–water partition coefficient (Wildman–Crippen LogP) is 0.295. The Morgan fingerprint density at radius 2 is 2.36 bits per heavy atom. The Kier molecular flexibility index (Phi) is 7.26. The van der Waals surface area contributed by atoms with E-state index in [4.69, 9.17) is 4.74 Å². The van der Waals surface area contributed by atoms with Crippen LogP contribution in [0.25, 0.3) is 0 Å². The quantitative estimate of drug-likeness (QED) is 0.252. The fourth-order valence-electron chi connectivity index (χ4n) is 0.439. The molecule has 62 valence electrons. The smallest absolute Gasteiger partial charge is 0.201 e. The monoisotopic (exact) mass is 174 g/mol. The minimum atomic E-state index is -1.47. The van der Waals surface area contributed by atoms with E-state index in [1.807, 2.05) is 0 Å². The highest BCUT2D eigenvalue weighted by Gasteiger charge is 1.93. The molecule has 0 saturated heterocycles. The van der Waals surface area contributed by atoms with E-state index >= 15 is 0 Å². The van der Waals surface area contributed by atoms with E-state index in [0.29, 0.717) is 12.9 Å². The molecular weight excluding hydrogens is 163 g/mol. The molecule has 0 bridgehead atoms. The maximum Gasteiger partial charge on any atom is 0.201 e. The van der Waals surface area contributed by atoms with Gasteiger partial charge in [0.25, 0.3) is 0 Å². The van der Waals surface area contributed by atoms with Gasteiger partial charge in [-0.2, -0.15) is 0 Å². The Labute approximate surface area is 67.2 Å². The molecule has 0 spiro atoms. The van der Waals surface area contributed by atoms with Crippen LogP contribution >= 0.6 is 7.77 Å². The average molecular weight is 174 g/mol. The summed E-state index contributed by atoms with van der Waals surface area (Å²) in [5.41, 5.74) is 0. The van der Waals surface area contributed by atoms with Crippen molar-refractivity contribution < 1.29 is 14.4 Å². The lowest BCUT2D eigenvalue weighted by atomic mass is 10.6. The summed E-state index contributed by atoms with van der Waals surface area (Å²) in [5, 5.41) is 0. The first-order valence-electron chi connectivity index (χ1n) is 3.20. The fourth-order valence-corrected chi connectivity index (χ4v) is 1.15. The minimum absolute atomic E-state index is 0.176. The van der Waals surface area contributed by atoms with Gasteiger partial charge in [-0.1, -0.05) is 6.08 Å². The van der Waals surface area contributed by atoms with Crippen LogP contribution in [0.3, 0.4) is 0 Å². The molecule has 0 aromatic carbocycles. The van der Waals surface area contributed by atoms with Crippen LogP contribution in [-0.2, 0) is 9.53 Å². The van der Waals surface area contributed by atoms with Crippen LogP contribution in [0.1, 0.15) is 6.42 Å². The highest BCUT2D eigenvalue weighted by molar-refractivity contribution is 7.49. The molecule has 0 heterocycles. The third kappa shape index (κ3) is 7.40. The molecule has 0 rings (SSSR count). The zero-order chi connectivity index (χ0) is 8.53. The Morgan fingerprint density at radius 3 is 2.91 bits per heavy atom. The first kappa shape index (κ1) is 10.5. The van der Waals surface area contributed by atoms with Gasteiger partial charge in [-0.3, -0.25) is 0 Å². The lowest BCUT2D eigenvalue weighted by Crippen LogP contribution is -1.99. The maximum absolute atomic E-state index is 10.9. The van der Waals surface area contributed by atoms with Crippen molar-refractivity contribution in [2.45, 2.75) is 6.42 Å². The molecule has 11 heavy (non-hydrogen) atoms. The van der Waals surface area contributed by atoms with Crippen molar-refractivity contribution in [3.8, 4) is 0 Å². The van der Waals surface area contributed by atoms with Gasteiger partial charge in [-0.05, 0) is 0 Å². The van der Waals surface area contributed by atoms with E-state index in [-0.39, 0.29) is 12.8 Å². The predicted molar refractivity (Wildman–Crippen MR) is 44.7 cm³/mol. The molecule has 0 amide bonds. The van der Waals surface area contributed by atoms with Crippen LogP contribution in [-0.4, -0.2) is 25.0 Å². The molecule has 0 aromatic heterocycles. The number of carbonyl (C=O) groups excluding carboxylic acids is 1. The van der Waals surface area contributed by atoms with Gasteiger partial charge in [0.2, 0.25) is 6.35 Å². The van der Waals surface area contributed by atoms with Crippen LogP contribution in [0.4, 0.5) is 0 Å². The lowest BCUT2D eigenvalue weighted by Gasteiger charge is -1.96. The van der Waals surface area contributed by atoms with Gasteiger partial charge in [0.15, 0.2) is 0 Å². The van der Waals surface area contributed by atoms with Crippen molar-refractivity contribution in [2.75, 3.05) is 13.0 Å². The molecule has 0 aromatic rings. The van der Waals surface area contributed by atoms with Crippen molar-refractivity contribution >= 4 is 19.9 Å². The maximum atomic E-state index is 10.9. The fraction of sp³-hybridized carbons (Fsp3) is 0.429. The molecule has 3 nitrogen and oxygen atoms in total. The number of carbonyl (C=O) groups is 1. The summed E-state index contributed by atoms with van der Waals surface area (Å²) in [5.74, 6) is 1.45. The van der Waals surface area contributed by atoms with E-state index in [1.165, 1.54) is 5.80 Å². The third-order valence-electron chi connectivity index (χ3n) is 0.859. The summed E-state index contributed by atoms with van der Waals surface area (Å²) >= 11 is 0. The van der Waals surface area contributed by atoms with Crippen molar-refractivity contribution in [2.24, 2.45) is 0 Å². The molecule has 0 aliphatic carbocycles. The summed E-state index contributed by atoms with van der Waals surface area (Å²) < 4.78 is 4.89. The van der Waals surface area contributed by atoms with Crippen molar-refractivity contribution in [1.82, 2.24) is 0 Å². The molecule has 4 heteroatoms. The van der Waals surface area contributed by atoms with Crippen molar-refractivity contribution in [3.05, 3.63) is 12.7 Å². The van der Waals surface area contributed by atoms with E-state index in [0.717, 1.165) is 0 Å². The summed E-state index contributed by atoms with van der Waals surface area (Å²) in [4.78, 5) is 20.7. The van der Waals surface area contributed by atoms with Crippen LogP contribution in [0.15, 0.2) is 12.7 Å². The van der Waals surface area contributed by atoms with Gasteiger partial charge in [0.1, 0.15) is 6.29 Å². The van der Waals surface area contributed by atoms with Crippen LogP contribution in [0.5, 0.6) is 0 Å². The normalized spacial score (nSPS) is 11.2. The second-order valence-electron chi connectivity index (χ2n) is 1.79. The van der Waals surface area contributed by atoms with Crippen LogP contribution < -0.4 is 4.89 Å². The summed E-state index contributed by atoms with van der Waals surface area (Å²) in [6.45, 7) is 3.83. The highest BCUT2D eigenvalue weighted by atomic mass is 31.1. The molecule has 1 atom stereocenters. The van der Waals surface area contributed by atoms with Crippen molar-refractivity contribution in [1.29, 1.82) is 0 Å². The Balaban J connectivity index is 3.41. The zero-order valence-electron chi connectivity index (χ0n) is 6.23. The molecule has 0 fully saturated rings. The first-order valence-corrected chi connectivity index (χ1v) is 4.72. The Hall–Kier alpha value is -0.500. The first-order chi connectivity index (χ1) is 5.31. The topological polar surface area (TPSA) is 49.4 Å². The summed E-state index contributed by atoms with van der Waals surface area (Å²) in [6, 6.07) is 0. The molecule has 0 aliphatic rings. The number of hydrogen-bond donors (Lipinski definition) is 0. The second-order valence-corrected chi connectivity index (χ2v) is 3.25. The molecular formula is C7H11O3P. The van der Waals surface area contributed by atoms with E-state index in [2.05, 4.69) is 6.58 Å². The molecule has 1 unspecified atom stereocenters. The summed E-state index contributed by atoms with van der Waals surface area (Å²) in [6.07, 6.45) is 2.70. The van der Waals surface area contributed by atoms with E-state index in [9.17, 15) is 9.69 Å². The number of aldehydes is 1. The lowest BCUT2D eigenvalue weighted by molar-refractivity contribution is -0.156. The van der Waals surface area contributed by atoms with Gasteiger partial charge in [0, 0.05) is 0 Å². The highest BCUT2D eigenvalue weighted by Crippen LogP contribution is 2.08. The molecule has 0 radical (unpaired) electrons. The Bertz CT molecular complexity index is 154. The van der Waals surface area contributed by atoms with E-state index in [1.54, 1.807) is 6.08 Å². The zero-order valence-corrected chi connectivity index (χ0v) is 7.13. The number of ether oxygens (including phenoxy) is 1. The SMILES string of the molecule is C=CCOC[P+]([O-])=CCC=O. The van der Waals surface area contributed by atoms with Gasteiger partial charge in [-0.25, -0.2) is 0 Å². The Morgan fingerprint density at radius 1 is 1.64 bits per heavy atom. The standard InChI is InChI=1S/C7H11O3P/c1-2-5-10-7-11(9)6-3-4-8/h2,4,6H,1,3,5,7H2. The van der Waals surface area contributed by atoms with Gasteiger partial charge >= 0.3 is 0 Å². The number of rotatable bonds is 6. The van der Waals surface area contributed by atoms with Crippen molar-refractivity contribution in [3.63, 3.8) is 0 Å². The largest absolute Gasteiger partial charge is 0.629 e. The number of hydrogen-bond acceptors (Lipinski definition) is 3.